The van der Waals surface area contributed by atoms with E-state index in [9.17, 15) is 0 Å². The zero-order chi connectivity index (χ0) is 10.7. The quantitative estimate of drug-likeness (QED) is 0.634. The molecule has 6 nitrogen and oxygen atoms in total. The Kier molecular flexibility index (Phi) is 3.34. The second kappa shape index (κ2) is 4.73. The van der Waals surface area contributed by atoms with Crippen LogP contribution in [-0.4, -0.2) is 47.6 Å². The lowest BCUT2D eigenvalue weighted by molar-refractivity contribution is 0.260. The van der Waals surface area contributed by atoms with Gasteiger partial charge in [-0.3, -0.25) is 0 Å². The molecule has 0 saturated carbocycles. The highest BCUT2D eigenvalue weighted by Gasteiger charge is 2.21. The fraction of sp³-hybridized carbons (Fsp3) is 0.750. The van der Waals surface area contributed by atoms with Crippen LogP contribution < -0.4 is 16.0 Å². The summed E-state index contributed by atoms with van der Waals surface area (Å²) < 4.78 is 0. The summed E-state index contributed by atoms with van der Waals surface area (Å²) in [5.74, 6) is 0. The van der Waals surface area contributed by atoms with E-state index in [1.165, 1.54) is 11.3 Å². The van der Waals surface area contributed by atoms with Gasteiger partial charge in [0.25, 0.3) is 0 Å². The van der Waals surface area contributed by atoms with Gasteiger partial charge in [0.2, 0.25) is 10.3 Å². The standard InChI is InChI=1S/C8H15N5OS/c9-7-11-12-8(15-7)13-3-2-10-6(5-13)1-4-14/h6,10,14H,1-5H2,(H2,9,11). The lowest BCUT2D eigenvalue weighted by Crippen LogP contribution is -2.51. The topological polar surface area (TPSA) is 87.3 Å². The molecular weight excluding hydrogens is 214 g/mol. The highest BCUT2D eigenvalue weighted by molar-refractivity contribution is 7.18. The molecule has 0 aliphatic carbocycles. The zero-order valence-electron chi connectivity index (χ0n) is 8.39. The van der Waals surface area contributed by atoms with Crippen molar-refractivity contribution in [2.75, 3.05) is 36.9 Å². The summed E-state index contributed by atoms with van der Waals surface area (Å²) in [5, 5.41) is 21.4. The van der Waals surface area contributed by atoms with Gasteiger partial charge in [-0.15, -0.1) is 10.2 Å². The minimum Gasteiger partial charge on any atom is -0.396 e. The van der Waals surface area contributed by atoms with Gasteiger partial charge in [-0.05, 0) is 6.42 Å². The van der Waals surface area contributed by atoms with E-state index in [4.69, 9.17) is 10.8 Å². The average molecular weight is 229 g/mol. The minimum atomic E-state index is 0.212. The molecule has 0 radical (unpaired) electrons. The van der Waals surface area contributed by atoms with E-state index < -0.39 is 0 Å². The second-order valence-electron chi connectivity index (χ2n) is 3.53. The fourth-order valence-corrected chi connectivity index (χ4v) is 2.35. The van der Waals surface area contributed by atoms with Crippen molar-refractivity contribution in [3.8, 4) is 0 Å². The van der Waals surface area contributed by atoms with E-state index in [1.807, 2.05) is 0 Å². The molecule has 1 aromatic heterocycles. The fourth-order valence-electron chi connectivity index (χ4n) is 1.70. The summed E-state index contributed by atoms with van der Waals surface area (Å²) in [6.45, 7) is 2.89. The third-order valence-corrected chi connectivity index (χ3v) is 3.25. The van der Waals surface area contributed by atoms with E-state index in [1.54, 1.807) is 0 Å². The molecule has 4 N–H and O–H groups in total. The van der Waals surface area contributed by atoms with E-state index in [0.29, 0.717) is 11.2 Å². The molecule has 7 heteroatoms. The maximum atomic E-state index is 8.88. The van der Waals surface area contributed by atoms with Crippen molar-refractivity contribution < 1.29 is 5.11 Å². The number of piperazine rings is 1. The summed E-state index contributed by atoms with van der Waals surface area (Å²) in [5.41, 5.74) is 5.54. The number of rotatable bonds is 3. The third-order valence-electron chi connectivity index (χ3n) is 2.43. The van der Waals surface area contributed by atoms with E-state index in [0.717, 1.165) is 31.2 Å². The third kappa shape index (κ3) is 2.55. The van der Waals surface area contributed by atoms with Gasteiger partial charge < -0.3 is 21.1 Å². The van der Waals surface area contributed by atoms with Crippen LogP contribution in [0.1, 0.15) is 6.42 Å². The average Bonchev–Trinajstić information content (AvgIpc) is 2.66. The molecule has 1 saturated heterocycles. The van der Waals surface area contributed by atoms with Gasteiger partial charge >= 0.3 is 0 Å². The number of aliphatic hydroxyl groups is 1. The molecule has 1 aromatic rings. The van der Waals surface area contributed by atoms with Crippen LogP contribution in [0.5, 0.6) is 0 Å². The van der Waals surface area contributed by atoms with Gasteiger partial charge in [-0.25, -0.2) is 0 Å². The smallest absolute Gasteiger partial charge is 0.210 e. The number of aromatic nitrogens is 2. The van der Waals surface area contributed by atoms with Gasteiger partial charge in [-0.1, -0.05) is 11.3 Å². The van der Waals surface area contributed by atoms with E-state index in [-0.39, 0.29) is 6.61 Å². The van der Waals surface area contributed by atoms with Crippen molar-refractivity contribution in [3.05, 3.63) is 0 Å². The number of hydrogen-bond donors (Lipinski definition) is 3. The lowest BCUT2D eigenvalue weighted by atomic mass is 10.1. The largest absolute Gasteiger partial charge is 0.396 e. The summed E-state index contributed by atoms with van der Waals surface area (Å²) in [6, 6.07) is 0.328. The predicted molar refractivity (Wildman–Crippen MR) is 60.0 cm³/mol. The first-order valence-electron chi connectivity index (χ1n) is 4.98. The van der Waals surface area contributed by atoms with Crippen molar-refractivity contribution in [1.29, 1.82) is 0 Å². The molecular formula is C8H15N5OS. The molecule has 84 valence electrons. The number of aliphatic hydroxyl groups excluding tert-OH is 1. The maximum Gasteiger partial charge on any atom is 0.210 e. The number of hydrogen-bond acceptors (Lipinski definition) is 7. The van der Waals surface area contributed by atoms with Crippen LogP contribution in [0.15, 0.2) is 0 Å². The Morgan fingerprint density at radius 2 is 2.47 bits per heavy atom. The molecule has 1 unspecified atom stereocenters. The first-order valence-corrected chi connectivity index (χ1v) is 5.79. The normalized spacial score (nSPS) is 21.9. The van der Waals surface area contributed by atoms with Gasteiger partial charge in [-0.2, -0.15) is 0 Å². The van der Waals surface area contributed by atoms with Crippen LogP contribution in [0.4, 0.5) is 10.3 Å². The second-order valence-corrected chi connectivity index (χ2v) is 4.52. The number of nitrogen functional groups attached to an aromatic ring is 1. The molecule has 1 aliphatic heterocycles. The van der Waals surface area contributed by atoms with Gasteiger partial charge in [0.1, 0.15) is 0 Å². The van der Waals surface area contributed by atoms with Crippen molar-refractivity contribution in [3.63, 3.8) is 0 Å². The maximum absolute atomic E-state index is 8.88. The SMILES string of the molecule is Nc1nnc(N2CCNC(CCO)C2)s1. The molecule has 0 aromatic carbocycles. The van der Waals surface area contributed by atoms with Crippen LogP contribution in [0.3, 0.4) is 0 Å². The summed E-state index contributed by atoms with van der Waals surface area (Å²) in [6.07, 6.45) is 0.769. The highest BCUT2D eigenvalue weighted by Crippen LogP contribution is 2.22. The highest BCUT2D eigenvalue weighted by atomic mass is 32.1. The van der Waals surface area contributed by atoms with E-state index >= 15 is 0 Å². The van der Waals surface area contributed by atoms with Crippen LogP contribution in [0.25, 0.3) is 0 Å². The first kappa shape index (κ1) is 10.6. The number of nitrogens with zero attached hydrogens (tertiary/aromatic N) is 3. The molecule has 0 amide bonds. The van der Waals surface area contributed by atoms with Crippen molar-refractivity contribution in [1.82, 2.24) is 15.5 Å². The summed E-state index contributed by atoms with van der Waals surface area (Å²) in [7, 11) is 0. The van der Waals surface area contributed by atoms with Crippen molar-refractivity contribution in [2.24, 2.45) is 0 Å². The number of nitrogens with two attached hydrogens (primary N) is 1. The van der Waals surface area contributed by atoms with Gasteiger partial charge in [0.05, 0.1) is 0 Å². The predicted octanol–water partition coefficient (Wildman–Crippen LogP) is -0.719. The molecule has 15 heavy (non-hydrogen) atoms. The van der Waals surface area contributed by atoms with Crippen LogP contribution >= 0.6 is 11.3 Å². The molecule has 2 rings (SSSR count). The Bertz CT molecular complexity index is 316. The number of nitrogens with one attached hydrogen (secondary N) is 1. The monoisotopic (exact) mass is 229 g/mol. The van der Waals surface area contributed by atoms with Gasteiger partial charge in [0.15, 0.2) is 0 Å². The van der Waals surface area contributed by atoms with Crippen molar-refractivity contribution >= 4 is 21.6 Å². The molecule has 0 bridgehead atoms. The Morgan fingerprint density at radius 1 is 1.60 bits per heavy atom. The summed E-state index contributed by atoms with van der Waals surface area (Å²) >= 11 is 1.41. The minimum absolute atomic E-state index is 0.212. The molecule has 1 fully saturated rings. The summed E-state index contributed by atoms with van der Waals surface area (Å²) in [4.78, 5) is 2.16. The Hall–Kier alpha value is -0.920. The van der Waals surface area contributed by atoms with Crippen LogP contribution in [-0.2, 0) is 0 Å². The molecule has 1 atom stereocenters. The zero-order valence-corrected chi connectivity index (χ0v) is 9.20. The van der Waals surface area contributed by atoms with Crippen molar-refractivity contribution in [2.45, 2.75) is 12.5 Å². The number of anilines is 2. The molecule has 2 heterocycles. The first-order chi connectivity index (χ1) is 7.29. The Labute approximate surface area is 92.1 Å². The Morgan fingerprint density at radius 3 is 3.13 bits per heavy atom. The molecule has 1 aliphatic rings. The lowest BCUT2D eigenvalue weighted by Gasteiger charge is -2.32. The van der Waals surface area contributed by atoms with E-state index in [2.05, 4.69) is 20.4 Å². The van der Waals surface area contributed by atoms with Crippen LogP contribution in [0.2, 0.25) is 0 Å². The van der Waals surface area contributed by atoms with Crippen LogP contribution in [0, 0.1) is 0 Å². The van der Waals surface area contributed by atoms with Gasteiger partial charge in [0, 0.05) is 32.3 Å². The Balaban J connectivity index is 1.98. The molecule has 0 spiro atoms.